The van der Waals surface area contributed by atoms with Crippen LogP contribution in [0.2, 0.25) is 0 Å². The van der Waals surface area contributed by atoms with E-state index in [4.69, 9.17) is 16.2 Å². The Bertz CT molecular complexity index is 396. The molecule has 4 N–H and O–H groups in total. The van der Waals surface area contributed by atoms with Gasteiger partial charge in [-0.1, -0.05) is 18.6 Å². The first-order valence-corrected chi connectivity index (χ1v) is 6.55. The Hall–Kier alpha value is -0.980. The first-order valence-electron chi connectivity index (χ1n) is 6.55. The first kappa shape index (κ1) is 16.1. The van der Waals surface area contributed by atoms with Gasteiger partial charge in [-0.25, -0.2) is 4.99 Å². The molecule has 5 heteroatoms. The fraction of sp³-hybridized carbons (Fsp3) is 0.500. The van der Waals surface area contributed by atoms with E-state index in [2.05, 4.69) is 4.99 Å². The molecule has 1 aliphatic carbocycles. The van der Waals surface area contributed by atoms with Crippen molar-refractivity contribution in [2.24, 2.45) is 16.5 Å². The fourth-order valence-electron chi connectivity index (χ4n) is 2.23. The Morgan fingerprint density at radius 2 is 1.74 bits per heavy atom. The largest absolute Gasteiger partial charge is 0.490 e. The van der Waals surface area contributed by atoms with Crippen molar-refractivity contribution in [1.29, 1.82) is 0 Å². The molecule has 0 atom stereocenters. The summed E-state index contributed by atoms with van der Waals surface area (Å²) < 4.78 is 5.95. The molecule has 0 aromatic heterocycles. The number of nitrogens with two attached hydrogens (primary N) is 2. The minimum absolute atomic E-state index is 0. The van der Waals surface area contributed by atoms with Crippen LogP contribution in [0.1, 0.15) is 37.7 Å². The molecule has 0 saturated heterocycles. The second-order valence-corrected chi connectivity index (χ2v) is 4.76. The minimum Gasteiger partial charge on any atom is -0.490 e. The normalized spacial score (nSPS) is 15.4. The number of nitrogens with zero attached hydrogens (tertiary/aromatic N) is 1. The molecule has 0 unspecified atom stereocenters. The molecule has 2 rings (SSSR count). The van der Waals surface area contributed by atoms with Crippen LogP contribution in [0.5, 0.6) is 5.75 Å². The maximum Gasteiger partial charge on any atom is 0.186 e. The number of guanidine groups is 1. The molecule has 1 aliphatic rings. The van der Waals surface area contributed by atoms with Crippen molar-refractivity contribution in [1.82, 2.24) is 0 Å². The molecular weight excluding hydrogens is 353 g/mol. The van der Waals surface area contributed by atoms with E-state index in [0.29, 0.717) is 12.6 Å². The number of halogens is 1. The molecule has 4 nitrogen and oxygen atoms in total. The lowest BCUT2D eigenvalue weighted by Gasteiger charge is -2.23. The van der Waals surface area contributed by atoms with Gasteiger partial charge in [0.15, 0.2) is 5.96 Å². The predicted molar refractivity (Wildman–Crippen MR) is 88.9 cm³/mol. The summed E-state index contributed by atoms with van der Waals surface area (Å²) in [7, 11) is 0. The van der Waals surface area contributed by atoms with Gasteiger partial charge in [0.2, 0.25) is 0 Å². The standard InChI is InChI=1S/C14H21N3O.HI/c15-14(16)17-10-11-6-8-13(9-7-11)18-12-4-2-1-3-5-12;/h6-9,12H,1-5,10H2,(H4,15,16,17);1H. The molecule has 1 aromatic carbocycles. The van der Waals surface area contributed by atoms with Crippen molar-refractivity contribution < 1.29 is 4.74 Å². The lowest BCUT2D eigenvalue weighted by atomic mass is 9.98. The number of benzene rings is 1. The summed E-state index contributed by atoms with van der Waals surface area (Å²) in [5.41, 5.74) is 11.7. The monoisotopic (exact) mass is 375 g/mol. The summed E-state index contributed by atoms with van der Waals surface area (Å²) in [4.78, 5) is 3.97. The van der Waals surface area contributed by atoms with Crippen LogP contribution in [-0.4, -0.2) is 12.1 Å². The van der Waals surface area contributed by atoms with Crippen molar-refractivity contribution in [3.8, 4) is 5.75 Å². The van der Waals surface area contributed by atoms with E-state index >= 15 is 0 Å². The van der Waals surface area contributed by atoms with Crippen LogP contribution in [0, 0.1) is 0 Å². The zero-order valence-corrected chi connectivity index (χ0v) is 13.4. The molecule has 0 spiro atoms. The van der Waals surface area contributed by atoms with E-state index in [-0.39, 0.29) is 29.9 Å². The number of hydrogen-bond acceptors (Lipinski definition) is 2. The molecule has 1 aromatic rings. The van der Waals surface area contributed by atoms with Gasteiger partial charge in [0.1, 0.15) is 5.75 Å². The summed E-state index contributed by atoms with van der Waals surface area (Å²) in [6.07, 6.45) is 6.66. The van der Waals surface area contributed by atoms with E-state index in [1.807, 2.05) is 24.3 Å². The van der Waals surface area contributed by atoms with Gasteiger partial charge in [-0.2, -0.15) is 0 Å². The molecule has 1 fully saturated rings. The van der Waals surface area contributed by atoms with E-state index in [0.717, 1.165) is 11.3 Å². The van der Waals surface area contributed by atoms with Crippen LogP contribution >= 0.6 is 24.0 Å². The Balaban J connectivity index is 0.00000180. The lowest BCUT2D eigenvalue weighted by Crippen LogP contribution is -2.22. The average Bonchev–Trinajstić information content (AvgIpc) is 2.39. The quantitative estimate of drug-likeness (QED) is 0.483. The maximum absolute atomic E-state index is 5.95. The topological polar surface area (TPSA) is 73.6 Å². The van der Waals surface area contributed by atoms with Gasteiger partial charge in [0.05, 0.1) is 12.6 Å². The maximum atomic E-state index is 5.95. The summed E-state index contributed by atoms with van der Waals surface area (Å²) in [5.74, 6) is 1.06. The zero-order valence-electron chi connectivity index (χ0n) is 11.0. The third-order valence-electron chi connectivity index (χ3n) is 3.22. The van der Waals surface area contributed by atoms with Gasteiger partial charge >= 0.3 is 0 Å². The third-order valence-corrected chi connectivity index (χ3v) is 3.22. The van der Waals surface area contributed by atoms with E-state index in [1.54, 1.807) is 0 Å². The lowest BCUT2D eigenvalue weighted by molar-refractivity contribution is 0.155. The molecule has 19 heavy (non-hydrogen) atoms. The predicted octanol–water partition coefficient (Wildman–Crippen LogP) is 2.79. The molecule has 0 radical (unpaired) electrons. The van der Waals surface area contributed by atoms with Crippen LogP contribution in [0.4, 0.5) is 0 Å². The van der Waals surface area contributed by atoms with Crippen LogP contribution < -0.4 is 16.2 Å². The van der Waals surface area contributed by atoms with Crippen LogP contribution in [0.15, 0.2) is 29.3 Å². The zero-order chi connectivity index (χ0) is 12.8. The van der Waals surface area contributed by atoms with E-state index in [9.17, 15) is 0 Å². The SMILES string of the molecule is I.NC(N)=NCc1ccc(OC2CCCCC2)cc1. The fourth-order valence-corrected chi connectivity index (χ4v) is 2.23. The van der Waals surface area contributed by atoms with Crippen molar-refractivity contribution in [2.45, 2.75) is 44.8 Å². The minimum atomic E-state index is 0. The molecule has 106 valence electrons. The van der Waals surface area contributed by atoms with Crippen LogP contribution in [-0.2, 0) is 6.54 Å². The summed E-state index contributed by atoms with van der Waals surface area (Å²) >= 11 is 0. The van der Waals surface area contributed by atoms with Crippen molar-refractivity contribution >= 4 is 29.9 Å². The van der Waals surface area contributed by atoms with Gasteiger partial charge < -0.3 is 16.2 Å². The molecule has 1 saturated carbocycles. The molecule has 0 aliphatic heterocycles. The third kappa shape index (κ3) is 5.67. The Morgan fingerprint density at radius 1 is 1.11 bits per heavy atom. The Kier molecular flexibility index (Phi) is 6.97. The molecule has 0 heterocycles. The smallest absolute Gasteiger partial charge is 0.186 e. The second-order valence-electron chi connectivity index (χ2n) is 4.76. The van der Waals surface area contributed by atoms with Gasteiger partial charge in [0.25, 0.3) is 0 Å². The summed E-state index contributed by atoms with van der Waals surface area (Å²) in [6.45, 7) is 0.520. The van der Waals surface area contributed by atoms with Gasteiger partial charge in [0, 0.05) is 0 Å². The van der Waals surface area contributed by atoms with E-state index < -0.39 is 0 Å². The van der Waals surface area contributed by atoms with E-state index in [1.165, 1.54) is 32.1 Å². The Labute approximate surface area is 131 Å². The first-order chi connectivity index (χ1) is 8.74. The highest BCUT2D eigenvalue weighted by Gasteiger charge is 2.14. The summed E-state index contributed by atoms with van der Waals surface area (Å²) in [6, 6.07) is 7.99. The highest BCUT2D eigenvalue weighted by atomic mass is 127. The number of rotatable bonds is 4. The second kappa shape index (κ2) is 8.24. The van der Waals surface area contributed by atoms with Gasteiger partial charge in [-0.3, -0.25) is 0 Å². The van der Waals surface area contributed by atoms with Crippen molar-refractivity contribution in [2.75, 3.05) is 0 Å². The van der Waals surface area contributed by atoms with Crippen LogP contribution in [0.3, 0.4) is 0 Å². The average molecular weight is 375 g/mol. The molecule has 0 bridgehead atoms. The van der Waals surface area contributed by atoms with Crippen molar-refractivity contribution in [3.05, 3.63) is 29.8 Å². The number of hydrogen-bond donors (Lipinski definition) is 2. The highest BCUT2D eigenvalue weighted by molar-refractivity contribution is 14.0. The molecule has 0 amide bonds. The summed E-state index contributed by atoms with van der Waals surface area (Å²) in [5, 5.41) is 0. The highest BCUT2D eigenvalue weighted by Crippen LogP contribution is 2.23. The van der Waals surface area contributed by atoms with Crippen molar-refractivity contribution in [3.63, 3.8) is 0 Å². The Morgan fingerprint density at radius 3 is 2.32 bits per heavy atom. The number of aliphatic imine (C=N–C) groups is 1. The van der Waals surface area contributed by atoms with Gasteiger partial charge in [-0.05, 0) is 43.4 Å². The number of ether oxygens (including phenoxy) is 1. The molecular formula is C14H22IN3O. The van der Waals surface area contributed by atoms with Crippen LogP contribution in [0.25, 0.3) is 0 Å². The van der Waals surface area contributed by atoms with Gasteiger partial charge in [-0.15, -0.1) is 24.0 Å².